The van der Waals surface area contributed by atoms with E-state index >= 15 is 0 Å². The van der Waals surface area contributed by atoms with Crippen LogP contribution < -0.4 is 76.2 Å². The van der Waals surface area contributed by atoms with Gasteiger partial charge in [0.1, 0.15) is 0 Å². The Balaban J connectivity index is 1.63. The number of benzene rings is 7. The molecule has 60 heavy (non-hydrogen) atoms. The molecule has 6 nitrogen and oxygen atoms in total. The van der Waals surface area contributed by atoms with E-state index in [1.165, 1.54) is 48.2 Å². The summed E-state index contributed by atoms with van der Waals surface area (Å²) in [7, 11) is 0. The molecule has 3 heterocycles. The zero-order chi connectivity index (χ0) is 41.7. The monoisotopic (exact) mass is 1050 g/mol. The Kier molecular flexibility index (Phi) is 10.5. The van der Waals surface area contributed by atoms with Crippen molar-refractivity contribution in [3.8, 4) is 34.5 Å². The Morgan fingerprint density at radius 1 is 0.300 bits per heavy atom. The summed E-state index contributed by atoms with van der Waals surface area (Å²) < 4.78 is 42.5. The van der Waals surface area contributed by atoms with Gasteiger partial charge in [0.2, 0.25) is 0 Å². The summed E-state index contributed by atoms with van der Waals surface area (Å²) in [5.41, 5.74) is -8.08. The molecule has 0 N–H and O–H groups in total. The van der Waals surface area contributed by atoms with Gasteiger partial charge >= 0.3 is 377 Å². The summed E-state index contributed by atoms with van der Waals surface area (Å²) in [6, 6.07) is 32.8. The Bertz CT molecular complexity index is 2600. The second-order valence-corrected chi connectivity index (χ2v) is 33.0. The first-order chi connectivity index (χ1) is 29.2. The molecule has 0 fully saturated rings. The molecule has 0 amide bonds. The second kappa shape index (κ2) is 15.3. The number of hydrogen-bond acceptors (Lipinski definition) is 6. The van der Waals surface area contributed by atoms with Crippen LogP contribution in [-0.4, -0.2) is 84.9 Å². The molecule has 7 aromatic carbocycles. The van der Waals surface area contributed by atoms with Gasteiger partial charge in [0.15, 0.2) is 0 Å². The Hall–Kier alpha value is -3.03. The third-order valence-corrected chi connectivity index (χ3v) is 32.1. The average Bonchev–Trinajstić information content (AvgIpc) is 3.83. The third-order valence-electron chi connectivity index (χ3n) is 11.8. The van der Waals surface area contributed by atoms with Crippen LogP contribution in [0.15, 0.2) is 91.0 Å². The molecule has 12 heteroatoms. The van der Waals surface area contributed by atoms with Crippen molar-refractivity contribution in [2.24, 2.45) is 0 Å². The molecule has 0 aromatic heterocycles. The van der Waals surface area contributed by atoms with E-state index in [9.17, 15) is 0 Å². The fourth-order valence-electron chi connectivity index (χ4n) is 9.99. The van der Waals surface area contributed by atoms with Crippen LogP contribution in [0, 0.1) is 0 Å². The molecule has 3 aliphatic rings. The zero-order valence-corrected chi connectivity index (χ0v) is 42.2. The van der Waals surface area contributed by atoms with Crippen molar-refractivity contribution >= 4 is 142 Å². The van der Waals surface area contributed by atoms with E-state index in [1.54, 1.807) is 0 Å². The van der Waals surface area contributed by atoms with Crippen molar-refractivity contribution in [2.75, 3.05) is 39.6 Å². The summed E-state index contributed by atoms with van der Waals surface area (Å²) in [5, 5.41) is 17.8. The van der Waals surface area contributed by atoms with Gasteiger partial charge in [-0.1, -0.05) is 0 Å². The molecule has 10 rings (SSSR count). The Labute approximate surface area is 374 Å². The van der Waals surface area contributed by atoms with Crippen LogP contribution in [-0.2, 0) is 0 Å². The van der Waals surface area contributed by atoms with Gasteiger partial charge in [0.05, 0.1) is 0 Å². The van der Waals surface area contributed by atoms with Crippen molar-refractivity contribution in [1.82, 2.24) is 0 Å². The van der Waals surface area contributed by atoms with Gasteiger partial charge in [0.25, 0.3) is 0 Å². The fraction of sp³-hybridized carbons (Fsp3) is 0.250. The SMILES string of the molecule is CCOc1c(OCC)c2c3c4c1P(=[Se])(c1ccccc1)c1c(OCC)c(OCC)c5c(c14)c1c(c(OCC)c(OCC)c(c31)P2(=[Se])c1ccccc1)P5(=[Se])c1ccccc1. The van der Waals surface area contributed by atoms with Crippen LogP contribution >= 0.6 is 16.5 Å². The van der Waals surface area contributed by atoms with Gasteiger partial charge in [-0.05, 0) is 0 Å². The van der Waals surface area contributed by atoms with Crippen LogP contribution in [0.2, 0.25) is 0 Å². The zero-order valence-electron chi connectivity index (χ0n) is 34.4. The van der Waals surface area contributed by atoms with E-state index in [0.29, 0.717) is 39.6 Å². The molecule has 0 atom stereocenters. The predicted molar refractivity (Wildman–Crippen MR) is 260 cm³/mol. The maximum absolute atomic E-state index is 7.08. The van der Waals surface area contributed by atoms with Crippen LogP contribution in [0.25, 0.3) is 32.3 Å². The van der Waals surface area contributed by atoms with E-state index < -0.39 is 16.5 Å². The minimum absolute atomic E-state index is 0.467. The molecule has 0 bridgehead atoms. The topological polar surface area (TPSA) is 55.4 Å². The van der Waals surface area contributed by atoms with Gasteiger partial charge in [-0.2, -0.15) is 0 Å². The molecule has 0 aliphatic carbocycles. The molecule has 0 saturated heterocycles. The Morgan fingerprint density at radius 3 is 0.617 bits per heavy atom. The van der Waals surface area contributed by atoms with Crippen molar-refractivity contribution in [3.63, 3.8) is 0 Å². The van der Waals surface area contributed by atoms with Gasteiger partial charge in [-0.25, -0.2) is 0 Å². The first kappa shape index (κ1) is 41.0. The van der Waals surface area contributed by atoms with Gasteiger partial charge in [-0.15, -0.1) is 0 Å². The van der Waals surface area contributed by atoms with E-state index in [4.69, 9.17) is 28.4 Å². The van der Waals surface area contributed by atoms with Gasteiger partial charge in [0, 0.05) is 0 Å². The molecule has 7 aromatic rings. The summed E-state index contributed by atoms with van der Waals surface area (Å²) >= 11 is 11.9. The van der Waals surface area contributed by atoms with E-state index in [2.05, 4.69) is 178 Å². The van der Waals surface area contributed by atoms with E-state index in [-0.39, 0.29) is 0 Å². The molecule has 0 radical (unpaired) electrons. The molecule has 0 spiro atoms. The van der Waals surface area contributed by atoms with Crippen molar-refractivity contribution in [3.05, 3.63) is 91.0 Å². The number of ether oxygens (including phenoxy) is 6. The van der Waals surface area contributed by atoms with Gasteiger partial charge in [-0.3, -0.25) is 0 Å². The van der Waals surface area contributed by atoms with Gasteiger partial charge < -0.3 is 0 Å². The molecule has 0 saturated carbocycles. The van der Waals surface area contributed by atoms with Crippen LogP contribution in [0.5, 0.6) is 34.5 Å². The van der Waals surface area contributed by atoms with Crippen molar-refractivity contribution < 1.29 is 28.4 Å². The first-order valence-electron chi connectivity index (χ1n) is 20.7. The van der Waals surface area contributed by atoms with Crippen molar-refractivity contribution in [2.45, 2.75) is 41.5 Å². The summed E-state index contributed by atoms with van der Waals surface area (Å²) in [6.45, 7) is 15.3. The molecule has 306 valence electrons. The molecule has 3 aliphatic heterocycles. The van der Waals surface area contributed by atoms with Crippen molar-refractivity contribution in [1.29, 1.82) is 0 Å². The number of hydrogen-bond donors (Lipinski definition) is 0. The van der Waals surface area contributed by atoms with Crippen LogP contribution in [0.4, 0.5) is 0 Å². The standard InChI is InChI=1S/C48H45O6P3Se3/c1-7-49-37-38(50-8-2)44-32-31-33-35-36-34(32)46(56(44,59)29-24-18-14-19-25-29)41(53-11-5)42(54-12-6)48(36)57(60,30-26-20-15-21-27-30)47(35)40(52-10-4)39(51-9-3)45(33)55(58,43(31)37)28-22-16-13-17-23-28/h13-27H,7-12H2,1-6H3. The average molecular weight is 1050 g/mol. The minimum atomic E-state index is -2.69. The first-order valence-corrected chi connectivity index (χ1v) is 32.8. The summed E-state index contributed by atoms with van der Waals surface area (Å²) in [6.07, 6.45) is 0. The van der Waals surface area contributed by atoms with E-state index in [0.717, 1.165) is 66.3 Å². The normalized spacial score (nSPS) is 20.3. The molecule has 0 unspecified atom stereocenters. The molecular weight excluding hydrogens is 1000 g/mol. The summed E-state index contributed by atoms with van der Waals surface area (Å²) in [5.74, 6) is 4.80. The second-order valence-electron chi connectivity index (χ2n) is 14.7. The quantitative estimate of drug-likeness (QED) is 0.0656. The Morgan fingerprint density at radius 2 is 0.467 bits per heavy atom. The number of rotatable bonds is 15. The maximum atomic E-state index is 7.08. The summed E-state index contributed by atoms with van der Waals surface area (Å²) in [4.78, 5) is 0. The van der Waals surface area contributed by atoms with E-state index in [1.807, 2.05) is 0 Å². The van der Waals surface area contributed by atoms with Crippen LogP contribution in [0.3, 0.4) is 0 Å². The predicted octanol–water partition coefficient (Wildman–Crippen LogP) is 6.61. The third kappa shape index (κ3) is 5.11. The fourth-order valence-corrected chi connectivity index (χ4v) is 28.8. The molecular formula is C48H45O6P3Se3. The van der Waals surface area contributed by atoms with Crippen LogP contribution in [0.1, 0.15) is 41.5 Å².